The van der Waals surface area contributed by atoms with Gasteiger partial charge >= 0.3 is 0 Å². The van der Waals surface area contributed by atoms with Crippen LogP contribution in [0.1, 0.15) is 17.2 Å². The third-order valence-corrected chi connectivity index (χ3v) is 4.66. The highest BCUT2D eigenvalue weighted by Crippen LogP contribution is 2.29. The number of hydrogen-bond acceptors (Lipinski definition) is 3. The van der Waals surface area contributed by atoms with E-state index in [1.807, 2.05) is 36.4 Å². The van der Waals surface area contributed by atoms with Gasteiger partial charge in [-0.3, -0.25) is 4.79 Å². The third-order valence-electron chi connectivity index (χ3n) is 3.92. The van der Waals surface area contributed by atoms with Gasteiger partial charge in [-0.1, -0.05) is 59.6 Å². The van der Waals surface area contributed by atoms with Crippen molar-refractivity contribution in [3.05, 3.63) is 69.7 Å². The molecule has 1 amide bonds. The maximum absolute atomic E-state index is 12.6. The van der Waals surface area contributed by atoms with Crippen molar-refractivity contribution in [2.75, 3.05) is 19.7 Å². The van der Waals surface area contributed by atoms with Gasteiger partial charge in [0.25, 0.3) is 5.91 Å². The van der Waals surface area contributed by atoms with E-state index in [1.54, 1.807) is 12.1 Å². The van der Waals surface area contributed by atoms with E-state index in [0.29, 0.717) is 23.2 Å². The van der Waals surface area contributed by atoms with Crippen LogP contribution in [0.5, 0.6) is 0 Å². The van der Waals surface area contributed by atoms with Gasteiger partial charge in [-0.05, 0) is 23.3 Å². The SMILES string of the molecule is Cl.O=C(NC(c1ccccc1)c1ccc(Cl)c(Cl)c1)C1CNCCO1. The number of halogens is 3. The van der Waals surface area contributed by atoms with Gasteiger partial charge < -0.3 is 15.4 Å². The lowest BCUT2D eigenvalue weighted by atomic mass is 9.98. The average molecular weight is 402 g/mol. The van der Waals surface area contributed by atoms with E-state index in [9.17, 15) is 4.79 Å². The highest BCUT2D eigenvalue weighted by molar-refractivity contribution is 6.42. The molecule has 1 aliphatic rings. The second-order valence-electron chi connectivity index (χ2n) is 5.59. The summed E-state index contributed by atoms with van der Waals surface area (Å²) in [4.78, 5) is 12.6. The summed E-state index contributed by atoms with van der Waals surface area (Å²) in [7, 11) is 0. The van der Waals surface area contributed by atoms with E-state index in [-0.39, 0.29) is 24.4 Å². The molecule has 0 aromatic heterocycles. The normalized spacial score (nSPS) is 18.1. The summed E-state index contributed by atoms with van der Waals surface area (Å²) in [5, 5.41) is 7.16. The number of carbonyl (C=O) groups excluding carboxylic acids is 1. The Labute approximate surface area is 163 Å². The summed E-state index contributed by atoms with van der Waals surface area (Å²) in [6, 6.07) is 14.8. The average Bonchev–Trinajstić information content (AvgIpc) is 2.63. The molecule has 25 heavy (non-hydrogen) atoms. The standard InChI is InChI=1S/C18H18Cl2N2O2.ClH/c19-14-7-6-13(10-15(14)20)17(12-4-2-1-3-5-12)22-18(23)16-11-21-8-9-24-16;/h1-7,10,16-17,21H,8-9,11H2,(H,22,23);1H. The van der Waals surface area contributed by atoms with E-state index >= 15 is 0 Å². The Bertz CT molecular complexity index is 707. The van der Waals surface area contributed by atoms with Crippen LogP contribution >= 0.6 is 35.6 Å². The van der Waals surface area contributed by atoms with Crippen molar-refractivity contribution in [2.24, 2.45) is 0 Å². The molecule has 2 N–H and O–H groups in total. The quantitative estimate of drug-likeness (QED) is 0.823. The largest absolute Gasteiger partial charge is 0.366 e. The minimum atomic E-state index is -0.493. The van der Waals surface area contributed by atoms with Crippen LogP contribution in [-0.4, -0.2) is 31.7 Å². The summed E-state index contributed by atoms with van der Waals surface area (Å²) in [6.07, 6.45) is -0.493. The fraction of sp³-hybridized carbons (Fsp3) is 0.278. The Kier molecular flexibility index (Phi) is 7.54. The van der Waals surface area contributed by atoms with Crippen LogP contribution in [-0.2, 0) is 9.53 Å². The van der Waals surface area contributed by atoms with Gasteiger partial charge in [0.05, 0.1) is 22.7 Å². The minimum Gasteiger partial charge on any atom is -0.366 e. The van der Waals surface area contributed by atoms with Gasteiger partial charge in [-0.15, -0.1) is 12.4 Å². The molecule has 7 heteroatoms. The van der Waals surface area contributed by atoms with Crippen molar-refractivity contribution in [3.8, 4) is 0 Å². The van der Waals surface area contributed by atoms with E-state index in [4.69, 9.17) is 27.9 Å². The Morgan fingerprint density at radius 1 is 1.12 bits per heavy atom. The smallest absolute Gasteiger partial charge is 0.251 e. The molecule has 1 fully saturated rings. The monoisotopic (exact) mass is 400 g/mol. The summed E-state index contributed by atoms with van der Waals surface area (Å²) in [6.45, 7) is 1.80. The lowest BCUT2D eigenvalue weighted by Crippen LogP contribution is -2.48. The van der Waals surface area contributed by atoms with Crippen LogP contribution < -0.4 is 10.6 Å². The summed E-state index contributed by atoms with van der Waals surface area (Å²) in [5.41, 5.74) is 1.83. The molecule has 0 saturated carbocycles. The molecule has 2 atom stereocenters. The molecular formula is C18H19Cl3N2O2. The molecule has 0 bridgehead atoms. The molecule has 2 aromatic carbocycles. The van der Waals surface area contributed by atoms with Gasteiger partial charge in [-0.2, -0.15) is 0 Å². The molecule has 0 radical (unpaired) electrons. The van der Waals surface area contributed by atoms with Crippen molar-refractivity contribution < 1.29 is 9.53 Å². The predicted octanol–water partition coefficient (Wildman–Crippen LogP) is 3.61. The Morgan fingerprint density at radius 2 is 1.88 bits per heavy atom. The zero-order chi connectivity index (χ0) is 16.9. The molecule has 2 aromatic rings. The number of rotatable bonds is 4. The predicted molar refractivity (Wildman–Crippen MR) is 103 cm³/mol. The summed E-state index contributed by atoms with van der Waals surface area (Å²) < 4.78 is 5.53. The van der Waals surface area contributed by atoms with Gasteiger partial charge in [0, 0.05) is 13.1 Å². The number of nitrogens with one attached hydrogen (secondary N) is 2. The number of benzene rings is 2. The van der Waals surface area contributed by atoms with Crippen LogP contribution in [0.15, 0.2) is 48.5 Å². The molecule has 0 aliphatic carbocycles. The lowest BCUT2D eigenvalue weighted by molar-refractivity contribution is -0.134. The first kappa shape index (κ1) is 20.0. The Hall–Kier alpha value is -1.30. The number of carbonyl (C=O) groups is 1. The third kappa shape index (κ3) is 5.09. The summed E-state index contributed by atoms with van der Waals surface area (Å²) in [5.74, 6) is -0.151. The first-order chi connectivity index (χ1) is 11.6. The first-order valence-electron chi connectivity index (χ1n) is 7.78. The minimum absolute atomic E-state index is 0. The molecule has 1 saturated heterocycles. The first-order valence-corrected chi connectivity index (χ1v) is 8.53. The molecular weight excluding hydrogens is 383 g/mol. The van der Waals surface area contributed by atoms with Crippen molar-refractivity contribution in [2.45, 2.75) is 12.1 Å². The van der Waals surface area contributed by atoms with E-state index in [0.717, 1.165) is 17.7 Å². The zero-order valence-electron chi connectivity index (χ0n) is 13.4. The molecule has 2 unspecified atom stereocenters. The second kappa shape index (κ2) is 9.41. The van der Waals surface area contributed by atoms with Crippen LogP contribution in [0.25, 0.3) is 0 Å². The van der Waals surface area contributed by atoms with Gasteiger partial charge in [0.2, 0.25) is 0 Å². The fourth-order valence-electron chi connectivity index (χ4n) is 2.67. The number of amides is 1. The van der Waals surface area contributed by atoms with Crippen LogP contribution in [0.2, 0.25) is 10.0 Å². The highest BCUT2D eigenvalue weighted by atomic mass is 35.5. The molecule has 3 rings (SSSR count). The molecule has 1 heterocycles. The van der Waals surface area contributed by atoms with Crippen LogP contribution in [0.4, 0.5) is 0 Å². The zero-order valence-corrected chi connectivity index (χ0v) is 15.7. The molecule has 0 spiro atoms. The van der Waals surface area contributed by atoms with Crippen LogP contribution in [0.3, 0.4) is 0 Å². The molecule has 4 nitrogen and oxygen atoms in total. The summed E-state index contributed by atoms with van der Waals surface area (Å²) >= 11 is 12.2. The number of hydrogen-bond donors (Lipinski definition) is 2. The van der Waals surface area contributed by atoms with Gasteiger partial charge in [0.1, 0.15) is 6.10 Å². The van der Waals surface area contributed by atoms with Gasteiger partial charge in [0.15, 0.2) is 0 Å². The van der Waals surface area contributed by atoms with E-state index in [2.05, 4.69) is 10.6 Å². The van der Waals surface area contributed by atoms with Crippen molar-refractivity contribution >= 4 is 41.5 Å². The second-order valence-corrected chi connectivity index (χ2v) is 6.40. The highest BCUT2D eigenvalue weighted by Gasteiger charge is 2.25. The lowest BCUT2D eigenvalue weighted by Gasteiger charge is -2.26. The molecule has 134 valence electrons. The fourth-order valence-corrected chi connectivity index (χ4v) is 2.97. The Morgan fingerprint density at radius 3 is 2.52 bits per heavy atom. The number of ether oxygens (including phenoxy) is 1. The van der Waals surface area contributed by atoms with Crippen molar-refractivity contribution in [1.29, 1.82) is 0 Å². The number of morpholine rings is 1. The van der Waals surface area contributed by atoms with E-state index < -0.39 is 6.10 Å². The van der Waals surface area contributed by atoms with Gasteiger partial charge in [-0.25, -0.2) is 0 Å². The maximum Gasteiger partial charge on any atom is 0.251 e. The maximum atomic E-state index is 12.6. The van der Waals surface area contributed by atoms with Crippen molar-refractivity contribution in [1.82, 2.24) is 10.6 Å². The molecule has 1 aliphatic heterocycles. The Balaban J connectivity index is 0.00000225. The van der Waals surface area contributed by atoms with Crippen molar-refractivity contribution in [3.63, 3.8) is 0 Å². The van der Waals surface area contributed by atoms with E-state index in [1.165, 1.54) is 0 Å². The van der Waals surface area contributed by atoms with Crippen LogP contribution in [0, 0.1) is 0 Å². The topological polar surface area (TPSA) is 50.4 Å².